The predicted octanol–water partition coefficient (Wildman–Crippen LogP) is 5.84. The third kappa shape index (κ3) is 3.75. The molecule has 1 unspecified atom stereocenters. The summed E-state index contributed by atoms with van der Waals surface area (Å²) in [4.78, 5) is 0. The lowest BCUT2D eigenvalue weighted by Gasteiger charge is -2.36. The van der Waals surface area contributed by atoms with Gasteiger partial charge in [0.1, 0.15) is 11.5 Å². The zero-order valence-electron chi connectivity index (χ0n) is 15.6. The molecule has 0 aliphatic heterocycles. The van der Waals surface area contributed by atoms with Crippen LogP contribution in [-0.2, 0) is 5.41 Å². The van der Waals surface area contributed by atoms with Gasteiger partial charge in [-0.15, -0.1) is 0 Å². The van der Waals surface area contributed by atoms with Crippen LogP contribution in [0, 0.1) is 5.92 Å². The maximum Gasteiger partial charge on any atom is 0.118 e. The molecule has 2 nitrogen and oxygen atoms in total. The van der Waals surface area contributed by atoms with Crippen molar-refractivity contribution in [2.75, 3.05) is 14.2 Å². The summed E-state index contributed by atoms with van der Waals surface area (Å²) >= 11 is 0. The molecular weight excluding hydrogens is 296 g/mol. The van der Waals surface area contributed by atoms with E-state index in [1.807, 2.05) is 0 Å². The summed E-state index contributed by atoms with van der Waals surface area (Å²) in [5.41, 5.74) is 2.74. The van der Waals surface area contributed by atoms with Crippen LogP contribution in [0.2, 0.25) is 0 Å². The van der Waals surface area contributed by atoms with Gasteiger partial charge in [0.25, 0.3) is 0 Å². The number of ether oxygens (including phenoxy) is 2. The van der Waals surface area contributed by atoms with Gasteiger partial charge in [0.2, 0.25) is 0 Å². The summed E-state index contributed by atoms with van der Waals surface area (Å²) in [6.07, 6.45) is 3.39. The van der Waals surface area contributed by atoms with E-state index in [-0.39, 0.29) is 5.41 Å². The number of methoxy groups -OCH3 is 2. The number of benzene rings is 2. The average molecular weight is 326 g/mol. The van der Waals surface area contributed by atoms with Crippen LogP contribution < -0.4 is 9.47 Å². The number of hydrogen-bond acceptors (Lipinski definition) is 2. The summed E-state index contributed by atoms with van der Waals surface area (Å²) in [5.74, 6) is 2.47. The van der Waals surface area contributed by atoms with Crippen LogP contribution in [0.3, 0.4) is 0 Å². The molecule has 0 N–H and O–H groups in total. The van der Waals surface area contributed by atoms with Crippen LogP contribution in [0.4, 0.5) is 0 Å². The van der Waals surface area contributed by atoms with Crippen molar-refractivity contribution in [3.63, 3.8) is 0 Å². The molecule has 0 aromatic heterocycles. The normalized spacial score (nSPS) is 12.7. The molecule has 2 heteroatoms. The van der Waals surface area contributed by atoms with E-state index in [1.54, 1.807) is 14.2 Å². The Hall–Kier alpha value is -1.96. The Morgan fingerprint density at radius 2 is 1.21 bits per heavy atom. The number of rotatable bonds is 8. The highest BCUT2D eigenvalue weighted by Gasteiger charge is 2.33. The molecule has 24 heavy (non-hydrogen) atoms. The molecule has 2 aromatic carbocycles. The van der Waals surface area contributed by atoms with E-state index in [1.165, 1.54) is 17.5 Å². The first-order valence-electron chi connectivity index (χ1n) is 8.88. The molecule has 0 saturated carbocycles. The Bertz CT molecular complexity index is 566. The van der Waals surface area contributed by atoms with Gasteiger partial charge in [-0.1, -0.05) is 51.5 Å². The smallest absolute Gasteiger partial charge is 0.118 e. The predicted molar refractivity (Wildman–Crippen MR) is 101 cm³/mol. The largest absolute Gasteiger partial charge is 0.497 e. The van der Waals surface area contributed by atoms with E-state index in [0.717, 1.165) is 24.3 Å². The summed E-state index contributed by atoms with van der Waals surface area (Å²) in [5, 5.41) is 0. The standard InChI is InChI=1S/C22H30O2/c1-6-17(3)16-22(7-2,18-8-12-20(23-4)13-9-18)19-10-14-21(24-5)15-11-19/h8-15,17H,6-7,16H2,1-5H3. The van der Waals surface area contributed by atoms with Gasteiger partial charge < -0.3 is 9.47 Å². The van der Waals surface area contributed by atoms with Crippen molar-refractivity contribution in [3.05, 3.63) is 59.7 Å². The lowest BCUT2D eigenvalue weighted by molar-refractivity contribution is 0.360. The van der Waals surface area contributed by atoms with Crippen molar-refractivity contribution in [1.82, 2.24) is 0 Å². The molecule has 0 bridgehead atoms. The van der Waals surface area contributed by atoms with E-state index in [4.69, 9.17) is 9.47 Å². The van der Waals surface area contributed by atoms with Gasteiger partial charge in [0.15, 0.2) is 0 Å². The van der Waals surface area contributed by atoms with E-state index < -0.39 is 0 Å². The highest BCUT2D eigenvalue weighted by Crippen LogP contribution is 2.42. The Balaban J connectivity index is 2.52. The highest BCUT2D eigenvalue weighted by molar-refractivity contribution is 5.43. The van der Waals surface area contributed by atoms with Crippen LogP contribution in [0.15, 0.2) is 48.5 Å². The Labute approximate surface area is 146 Å². The second-order valence-electron chi connectivity index (χ2n) is 6.61. The molecule has 2 rings (SSSR count). The topological polar surface area (TPSA) is 18.5 Å². The van der Waals surface area contributed by atoms with Gasteiger partial charge in [-0.3, -0.25) is 0 Å². The van der Waals surface area contributed by atoms with Gasteiger partial charge in [0, 0.05) is 5.41 Å². The maximum absolute atomic E-state index is 5.34. The average Bonchev–Trinajstić information content (AvgIpc) is 2.66. The third-order valence-corrected chi connectivity index (χ3v) is 5.28. The molecule has 1 atom stereocenters. The van der Waals surface area contributed by atoms with Crippen LogP contribution >= 0.6 is 0 Å². The highest BCUT2D eigenvalue weighted by atomic mass is 16.5. The van der Waals surface area contributed by atoms with Crippen LogP contribution in [-0.4, -0.2) is 14.2 Å². The molecule has 0 fully saturated rings. The molecule has 0 heterocycles. The molecule has 0 spiro atoms. The van der Waals surface area contributed by atoms with Crippen molar-refractivity contribution in [3.8, 4) is 11.5 Å². The molecule has 0 aliphatic rings. The van der Waals surface area contributed by atoms with E-state index >= 15 is 0 Å². The summed E-state index contributed by atoms with van der Waals surface area (Å²) in [6, 6.07) is 17.1. The molecule has 130 valence electrons. The number of hydrogen-bond donors (Lipinski definition) is 0. The van der Waals surface area contributed by atoms with Gasteiger partial charge in [-0.25, -0.2) is 0 Å². The van der Waals surface area contributed by atoms with Crippen LogP contribution in [0.1, 0.15) is 51.2 Å². The van der Waals surface area contributed by atoms with Gasteiger partial charge in [0.05, 0.1) is 14.2 Å². The summed E-state index contributed by atoms with van der Waals surface area (Å²) in [6.45, 7) is 6.90. The zero-order valence-corrected chi connectivity index (χ0v) is 15.6. The molecule has 0 radical (unpaired) electrons. The fraction of sp³-hybridized carbons (Fsp3) is 0.455. The SMILES string of the molecule is CCC(C)CC(CC)(c1ccc(OC)cc1)c1ccc(OC)cc1. The van der Waals surface area contributed by atoms with Gasteiger partial charge in [-0.2, -0.15) is 0 Å². The minimum atomic E-state index is 0.0218. The maximum atomic E-state index is 5.34. The van der Waals surface area contributed by atoms with Crippen molar-refractivity contribution < 1.29 is 9.47 Å². The van der Waals surface area contributed by atoms with E-state index in [0.29, 0.717) is 5.92 Å². The van der Waals surface area contributed by atoms with Crippen molar-refractivity contribution in [2.24, 2.45) is 5.92 Å². The second kappa shape index (κ2) is 8.23. The zero-order chi connectivity index (χ0) is 17.6. The molecule has 0 saturated heterocycles. The summed E-state index contributed by atoms with van der Waals surface area (Å²) in [7, 11) is 3.43. The molecule has 0 aliphatic carbocycles. The quantitative estimate of drug-likeness (QED) is 0.607. The van der Waals surface area contributed by atoms with Crippen molar-refractivity contribution in [2.45, 2.75) is 45.4 Å². The molecular formula is C22H30O2. The lowest BCUT2D eigenvalue weighted by Crippen LogP contribution is -2.29. The van der Waals surface area contributed by atoms with Crippen molar-refractivity contribution in [1.29, 1.82) is 0 Å². The van der Waals surface area contributed by atoms with Crippen LogP contribution in [0.5, 0.6) is 11.5 Å². The van der Waals surface area contributed by atoms with Gasteiger partial charge in [-0.05, 0) is 54.2 Å². The summed E-state index contributed by atoms with van der Waals surface area (Å²) < 4.78 is 10.7. The second-order valence-corrected chi connectivity index (χ2v) is 6.61. The fourth-order valence-electron chi connectivity index (χ4n) is 3.51. The van der Waals surface area contributed by atoms with E-state index in [2.05, 4.69) is 69.3 Å². The first-order valence-corrected chi connectivity index (χ1v) is 8.88. The first kappa shape index (κ1) is 18.4. The lowest BCUT2D eigenvalue weighted by atomic mass is 9.67. The Morgan fingerprint density at radius 3 is 1.50 bits per heavy atom. The molecule has 2 aromatic rings. The Morgan fingerprint density at radius 1 is 0.792 bits per heavy atom. The first-order chi connectivity index (χ1) is 11.6. The van der Waals surface area contributed by atoms with Crippen LogP contribution in [0.25, 0.3) is 0 Å². The van der Waals surface area contributed by atoms with Gasteiger partial charge >= 0.3 is 0 Å². The third-order valence-electron chi connectivity index (χ3n) is 5.28. The monoisotopic (exact) mass is 326 g/mol. The minimum Gasteiger partial charge on any atom is -0.497 e. The van der Waals surface area contributed by atoms with E-state index in [9.17, 15) is 0 Å². The Kier molecular flexibility index (Phi) is 6.30. The molecule has 0 amide bonds. The fourth-order valence-corrected chi connectivity index (χ4v) is 3.51. The van der Waals surface area contributed by atoms with Crippen molar-refractivity contribution >= 4 is 0 Å². The minimum absolute atomic E-state index is 0.0218.